The van der Waals surface area contributed by atoms with Gasteiger partial charge in [-0.15, -0.1) is 15.9 Å². The van der Waals surface area contributed by atoms with Crippen molar-refractivity contribution in [1.29, 1.82) is 0 Å². The van der Waals surface area contributed by atoms with E-state index in [1.165, 1.54) is 33.7 Å². The van der Waals surface area contributed by atoms with Gasteiger partial charge in [0.1, 0.15) is 11.5 Å². The number of rotatable bonds is 7. The molecule has 178 valence electrons. The number of hydrogen-bond acceptors (Lipinski definition) is 8. The second-order valence-corrected chi connectivity index (χ2v) is 10.4. The zero-order valence-electron chi connectivity index (χ0n) is 19.3. The Balaban J connectivity index is 1.22. The maximum absolute atomic E-state index is 12.4. The summed E-state index contributed by atoms with van der Waals surface area (Å²) in [5.41, 5.74) is 4.62. The molecule has 0 fully saturated rings. The third-order valence-corrected chi connectivity index (χ3v) is 7.28. The van der Waals surface area contributed by atoms with Gasteiger partial charge in [0.2, 0.25) is 0 Å². The van der Waals surface area contributed by atoms with Gasteiger partial charge in [-0.05, 0) is 62.2 Å². The molecule has 0 spiro atoms. The minimum atomic E-state index is -0.245. The number of thiazole rings is 1. The van der Waals surface area contributed by atoms with Crippen molar-refractivity contribution < 1.29 is 14.1 Å². The number of nitrogens with zero attached hydrogens (tertiary/aromatic N) is 3. The predicted octanol–water partition coefficient (Wildman–Crippen LogP) is 5.13. The summed E-state index contributed by atoms with van der Waals surface area (Å²) in [6.45, 7) is 5.69. The fourth-order valence-corrected chi connectivity index (χ4v) is 5.69. The summed E-state index contributed by atoms with van der Waals surface area (Å²) in [6, 6.07) is 14.7. The van der Waals surface area contributed by atoms with E-state index in [0.717, 1.165) is 25.7 Å². The standard InChI is InChI=1S/C25H22N4O4S2/c1-14-6-15(2)8-19(7-14)32-12-23(30)27-17-4-5-20-21(10-17)35-25(28-20)34-13-18-11-24(31)29-22(26-18)9-16(3)33-29/h4-11H,12-13H2,1-3H3,(H,27,30). The molecule has 0 unspecified atom stereocenters. The van der Waals surface area contributed by atoms with Crippen molar-refractivity contribution in [3.63, 3.8) is 0 Å². The van der Waals surface area contributed by atoms with Crippen molar-refractivity contribution in [2.75, 3.05) is 11.9 Å². The maximum atomic E-state index is 12.4. The van der Waals surface area contributed by atoms with Crippen LogP contribution in [-0.2, 0) is 10.5 Å². The Bertz CT molecular complexity index is 1600. The summed E-state index contributed by atoms with van der Waals surface area (Å²) < 4.78 is 14.0. The van der Waals surface area contributed by atoms with Gasteiger partial charge in [0, 0.05) is 23.6 Å². The van der Waals surface area contributed by atoms with Gasteiger partial charge in [0.25, 0.3) is 11.5 Å². The van der Waals surface area contributed by atoms with Crippen LogP contribution in [0.25, 0.3) is 15.9 Å². The molecule has 1 amide bonds. The van der Waals surface area contributed by atoms with Gasteiger partial charge in [-0.1, -0.05) is 17.8 Å². The molecule has 3 heterocycles. The van der Waals surface area contributed by atoms with Crippen LogP contribution in [0.5, 0.6) is 5.75 Å². The molecule has 0 saturated heterocycles. The number of ether oxygens (including phenoxy) is 1. The minimum absolute atomic E-state index is 0.0712. The lowest BCUT2D eigenvalue weighted by Gasteiger charge is -2.09. The predicted molar refractivity (Wildman–Crippen MR) is 138 cm³/mol. The van der Waals surface area contributed by atoms with Gasteiger partial charge in [0.05, 0.1) is 15.9 Å². The first-order chi connectivity index (χ1) is 16.8. The molecule has 1 N–H and O–H groups in total. The van der Waals surface area contributed by atoms with E-state index in [0.29, 0.717) is 34.3 Å². The van der Waals surface area contributed by atoms with E-state index in [-0.39, 0.29) is 18.1 Å². The van der Waals surface area contributed by atoms with E-state index >= 15 is 0 Å². The van der Waals surface area contributed by atoms with Gasteiger partial charge in [-0.3, -0.25) is 9.59 Å². The lowest BCUT2D eigenvalue weighted by Crippen LogP contribution is -2.20. The average Bonchev–Trinajstić information content (AvgIpc) is 3.38. The topological polar surface area (TPSA) is 98.7 Å². The summed E-state index contributed by atoms with van der Waals surface area (Å²) >= 11 is 3.03. The van der Waals surface area contributed by atoms with Crippen LogP contribution in [0.15, 0.2) is 62.2 Å². The molecule has 3 aromatic heterocycles. The Morgan fingerprint density at radius 2 is 1.89 bits per heavy atom. The van der Waals surface area contributed by atoms with E-state index in [2.05, 4.69) is 21.4 Å². The summed E-state index contributed by atoms with van der Waals surface area (Å²) in [5, 5.41) is 2.88. The molecule has 0 aliphatic carbocycles. The first-order valence-electron chi connectivity index (χ1n) is 10.9. The van der Waals surface area contributed by atoms with Gasteiger partial charge in [-0.25, -0.2) is 9.97 Å². The zero-order chi connectivity index (χ0) is 24.5. The SMILES string of the molecule is Cc1cc(C)cc(OCC(=O)Nc2ccc3nc(SCc4cc(=O)n5oc(C)cc5n4)sc3c2)c1. The summed E-state index contributed by atoms with van der Waals surface area (Å²) in [5.74, 6) is 1.58. The quantitative estimate of drug-likeness (QED) is 0.306. The van der Waals surface area contributed by atoms with Crippen molar-refractivity contribution >= 4 is 50.6 Å². The third-order valence-electron chi connectivity index (χ3n) is 5.09. The molecule has 0 bridgehead atoms. The minimum Gasteiger partial charge on any atom is -0.484 e. The van der Waals surface area contributed by atoms with Gasteiger partial charge >= 0.3 is 0 Å². The Labute approximate surface area is 208 Å². The number of fused-ring (bicyclic) bond motifs is 2. The number of nitrogens with one attached hydrogen (secondary N) is 1. The zero-order valence-corrected chi connectivity index (χ0v) is 21.0. The average molecular weight is 507 g/mol. The van der Waals surface area contributed by atoms with Crippen molar-refractivity contribution in [2.45, 2.75) is 30.9 Å². The van der Waals surface area contributed by atoms with E-state index in [4.69, 9.17) is 9.26 Å². The molecule has 10 heteroatoms. The molecule has 0 aliphatic heterocycles. The van der Waals surface area contributed by atoms with E-state index in [1.807, 2.05) is 44.2 Å². The number of aryl methyl sites for hydroxylation is 3. The summed E-state index contributed by atoms with van der Waals surface area (Å²) in [6.07, 6.45) is 0. The Hall–Kier alpha value is -3.63. The van der Waals surface area contributed by atoms with Gasteiger partial charge in [-0.2, -0.15) is 0 Å². The molecule has 35 heavy (non-hydrogen) atoms. The number of amides is 1. The molecule has 5 rings (SSSR count). The van der Waals surface area contributed by atoms with Crippen molar-refractivity contribution in [3.05, 3.63) is 81.5 Å². The normalized spacial score (nSPS) is 11.3. The van der Waals surface area contributed by atoms with E-state index in [1.54, 1.807) is 13.0 Å². The van der Waals surface area contributed by atoms with Crippen LogP contribution in [-0.4, -0.2) is 27.1 Å². The maximum Gasteiger partial charge on any atom is 0.287 e. The molecule has 0 aliphatic rings. The molecule has 0 radical (unpaired) electrons. The molecular weight excluding hydrogens is 484 g/mol. The molecule has 5 aromatic rings. The molecular formula is C25H22N4O4S2. The molecule has 8 nitrogen and oxygen atoms in total. The lowest BCUT2D eigenvalue weighted by molar-refractivity contribution is -0.118. The number of thioether (sulfide) groups is 1. The molecule has 2 aromatic carbocycles. The highest BCUT2D eigenvalue weighted by atomic mass is 32.2. The highest BCUT2D eigenvalue weighted by Gasteiger charge is 2.11. The van der Waals surface area contributed by atoms with Crippen LogP contribution in [0, 0.1) is 20.8 Å². The van der Waals surface area contributed by atoms with Crippen LogP contribution >= 0.6 is 23.1 Å². The highest BCUT2D eigenvalue weighted by molar-refractivity contribution is 8.00. The number of carbonyl (C=O) groups is 1. The summed E-state index contributed by atoms with van der Waals surface area (Å²) in [7, 11) is 0. The second kappa shape index (κ2) is 9.55. The number of hydrogen-bond donors (Lipinski definition) is 1. The lowest BCUT2D eigenvalue weighted by atomic mass is 10.1. The van der Waals surface area contributed by atoms with Crippen LogP contribution in [0.2, 0.25) is 0 Å². The van der Waals surface area contributed by atoms with Crippen LogP contribution in [0.4, 0.5) is 5.69 Å². The first-order valence-corrected chi connectivity index (χ1v) is 12.7. The van der Waals surface area contributed by atoms with Crippen LogP contribution in [0.1, 0.15) is 22.6 Å². The second-order valence-electron chi connectivity index (χ2n) is 8.20. The van der Waals surface area contributed by atoms with Crippen LogP contribution < -0.4 is 15.6 Å². The Morgan fingerprint density at radius 1 is 1.09 bits per heavy atom. The van der Waals surface area contributed by atoms with Gasteiger partial charge < -0.3 is 14.6 Å². The highest BCUT2D eigenvalue weighted by Crippen LogP contribution is 2.32. The fraction of sp³-hybridized carbons (Fsp3) is 0.200. The Morgan fingerprint density at radius 3 is 2.69 bits per heavy atom. The van der Waals surface area contributed by atoms with Crippen LogP contribution in [0.3, 0.4) is 0 Å². The van der Waals surface area contributed by atoms with Crippen molar-refractivity contribution in [2.24, 2.45) is 0 Å². The van der Waals surface area contributed by atoms with E-state index < -0.39 is 0 Å². The largest absolute Gasteiger partial charge is 0.484 e. The van der Waals surface area contributed by atoms with E-state index in [9.17, 15) is 9.59 Å². The van der Waals surface area contributed by atoms with Crippen molar-refractivity contribution in [3.8, 4) is 5.75 Å². The summed E-state index contributed by atoms with van der Waals surface area (Å²) in [4.78, 5) is 33.7. The number of carbonyl (C=O) groups excluding carboxylic acids is 1. The monoisotopic (exact) mass is 506 g/mol. The first kappa shape index (κ1) is 23.1. The molecule has 0 saturated carbocycles. The smallest absolute Gasteiger partial charge is 0.287 e. The number of anilines is 1. The van der Waals surface area contributed by atoms with Gasteiger partial charge in [0.15, 0.2) is 16.6 Å². The van der Waals surface area contributed by atoms with Crippen molar-refractivity contribution in [1.82, 2.24) is 14.5 Å². The number of benzene rings is 2. The number of aromatic nitrogens is 3. The molecule has 0 atom stereocenters. The fourth-order valence-electron chi connectivity index (χ4n) is 3.69. The third kappa shape index (κ3) is 5.39. The Kier molecular flexibility index (Phi) is 6.31.